The maximum Gasteiger partial charge on any atom is 0.146 e. The van der Waals surface area contributed by atoms with Crippen molar-refractivity contribution in [1.82, 2.24) is 29.9 Å². The van der Waals surface area contributed by atoms with Crippen molar-refractivity contribution in [2.45, 2.75) is 62.3 Å². The maximum atomic E-state index is 4.80. The average molecular weight is 2520 g/mol. The number of benzene rings is 12. The summed E-state index contributed by atoms with van der Waals surface area (Å²) in [6.07, 6.45) is 5.52. The number of hydrogen-bond donors (Lipinski definition) is 0. The fourth-order valence-electron chi connectivity index (χ4n) is 14.9. The summed E-state index contributed by atoms with van der Waals surface area (Å²) in [6, 6.07) is 121. The molecule has 16 aromatic rings. The Kier molecular flexibility index (Phi) is 31.4. The molecule has 9 heterocycles. The molecule has 21 heteroatoms. The van der Waals surface area contributed by atoms with Gasteiger partial charge in [0.05, 0.1) is 35.2 Å². The smallest absolute Gasteiger partial charge is 0.146 e. The van der Waals surface area contributed by atoms with Gasteiger partial charge in [0.2, 0.25) is 0 Å². The van der Waals surface area contributed by atoms with Crippen LogP contribution in [0.15, 0.2) is 328 Å². The number of para-hydroxylation sites is 10. The largest absolute Gasteiger partial charge is 0.493 e. The molecule has 21 rings (SSSR count). The summed E-state index contributed by atoms with van der Waals surface area (Å²) < 4.78 is 0. The van der Waals surface area contributed by atoms with E-state index in [1.807, 2.05) is 177 Å². The van der Waals surface area contributed by atoms with Gasteiger partial charge in [-0.25, -0.2) is 29.9 Å². The summed E-state index contributed by atoms with van der Waals surface area (Å²) >= 11 is 0. The molecule has 125 heavy (non-hydrogen) atoms. The average Bonchev–Trinajstić information content (AvgIpc) is 1.64. The Morgan fingerprint density at radius 3 is 1.02 bits per heavy atom. The van der Waals surface area contributed by atoms with Crippen LogP contribution in [0.2, 0.25) is 0 Å². The fourth-order valence-corrected chi connectivity index (χ4v) is 14.9. The second-order valence-corrected chi connectivity index (χ2v) is 29.5. The number of pyridine rings is 2. The molecule has 0 aliphatic carbocycles. The van der Waals surface area contributed by atoms with Crippen molar-refractivity contribution in [3.05, 3.63) is 442 Å². The molecule has 0 fully saturated rings. The van der Waals surface area contributed by atoms with Crippen molar-refractivity contribution in [1.29, 1.82) is 0 Å². The van der Waals surface area contributed by atoms with Gasteiger partial charge in [0, 0.05) is 158 Å². The van der Waals surface area contributed by atoms with Gasteiger partial charge in [0.25, 0.3) is 0 Å². The van der Waals surface area contributed by atoms with Gasteiger partial charge in [-0.05, 0) is 162 Å². The van der Waals surface area contributed by atoms with Crippen LogP contribution in [0.5, 0.6) is 0 Å². The molecule has 0 amide bonds. The van der Waals surface area contributed by atoms with Gasteiger partial charge in [-0.15, -0.1) is 61.8 Å². The van der Waals surface area contributed by atoms with E-state index in [1.54, 1.807) is 12.4 Å². The van der Waals surface area contributed by atoms with Crippen LogP contribution in [-0.2, 0) is 101 Å². The first-order valence-corrected chi connectivity index (χ1v) is 39.9. The molecular formula is C104H86Ir5N16-10. The number of nitrogens with zero attached hydrogens (tertiary/aromatic N) is 16. The zero-order chi connectivity index (χ0) is 82.2. The Labute approximate surface area is 802 Å². The minimum atomic E-state index is 0. The van der Waals surface area contributed by atoms with Crippen LogP contribution >= 0.6 is 0 Å². The summed E-state index contributed by atoms with van der Waals surface area (Å²) in [4.78, 5) is 49.5. The number of rotatable bonds is 11. The zero-order valence-corrected chi connectivity index (χ0v) is 81.9. The molecule has 0 saturated heterocycles. The SMILES string of the molecule is Cc1ccc2c(c1)N(c1[c-]cccc1)[CH-]N2c1ccccc1C.Cc1ccc2c(n1)N(c1[c-]cccc1)[CH-]N2c1ccccc1C.Cc1cnc2c(c1)N(c1[c-]cccc1)[CH-]N2c1ccccc1C.Cc1cnc2c(n1)N(c1[c-]cccc1)[CH-]N2c1ccccc1C.Cc1cnc2c(n1)N(c1ccccc1-c1ccccc1)[CH-]N2c1[c-]cccc1.[Ir].[Ir].[Ir].[Ir].[Ir]. The second-order valence-electron chi connectivity index (χ2n) is 29.5. The summed E-state index contributed by atoms with van der Waals surface area (Å²) in [5.41, 5.74) is 27.5. The van der Waals surface area contributed by atoms with Crippen LogP contribution < -0.4 is 49.0 Å². The van der Waals surface area contributed by atoms with E-state index in [2.05, 4.69) is 333 Å². The monoisotopic (exact) mass is 2520 g/mol. The maximum absolute atomic E-state index is 4.80. The van der Waals surface area contributed by atoms with Gasteiger partial charge < -0.3 is 49.0 Å². The molecule has 0 saturated carbocycles. The standard InChI is InChI=1S/C24H18N4.C21H18N2.2C20H17N3.C19H16N4.5Ir/c1-18-16-25-23-24(26-18)28(17-27(23)20-12-6-3-7-13-20)22-15-9-8-14-21(22)19-10-4-2-5-11-19;1-16-12-13-20-21(14-16)22(18-9-4-3-5-10-18)15-23(20)19-11-7-6-8-17(19)2;1-15-12-19-20(21-13-15)23(18-11-7-6-8-16(18)2)14-22(19)17-9-4-3-5-10-17;1-15-8-6-7-11-18(15)23-14-22(17-9-4-3-5-10-17)20-19(23)13-12-16(2)21-20;1-14-8-6-7-11-17(14)23-13-22(16-9-4-3-5-10-16)19-18(23)20-12-15(2)21-19;;;;;/h2-12,14-17H,1H3;3-9,11-15H,1-2H3;2*3-9,11-14H,1-2H3;3-9,11-13H,1-2H3;;;;;/q5*-2;;;;;. The van der Waals surface area contributed by atoms with Crippen LogP contribution in [0, 0.1) is 126 Å². The predicted molar refractivity (Wildman–Crippen MR) is 489 cm³/mol. The predicted octanol–water partition coefficient (Wildman–Crippen LogP) is 25.3. The molecule has 0 unspecified atom stereocenters. The van der Waals surface area contributed by atoms with Crippen molar-refractivity contribution < 1.29 is 101 Å². The number of aryl methyl sites for hydroxylation is 9. The first-order valence-electron chi connectivity index (χ1n) is 39.9. The van der Waals surface area contributed by atoms with Crippen LogP contribution in [-0.4, -0.2) is 29.9 Å². The molecule has 5 aliphatic rings. The van der Waals surface area contributed by atoms with E-state index in [0.29, 0.717) is 0 Å². The molecule has 0 bridgehead atoms. The molecular weight excluding hydrogens is 2430 g/mol. The molecule has 4 aromatic heterocycles. The molecule has 5 radical (unpaired) electrons. The third-order valence-electron chi connectivity index (χ3n) is 20.9. The molecule has 16 nitrogen and oxygen atoms in total. The molecule has 0 atom stereocenters. The van der Waals surface area contributed by atoms with Crippen molar-refractivity contribution in [2.24, 2.45) is 0 Å². The Morgan fingerprint density at radius 1 is 0.216 bits per heavy atom. The van der Waals surface area contributed by atoms with E-state index < -0.39 is 0 Å². The Bertz CT molecular complexity index is 5690. The summed E-state index contributed by atoms with van der Waals surface area (Å²) in [5, 5.41) is 0. The van der Waals surface area contributed by atoms with Crippen molar-refractivity contribution in [2.75, 3.05) is 49.0 Å². The van der Waals surface area contributed by atoms with Gasteiger partial charge >= 0.3 is 0 Å². The third kappa shape index (κ3) is 20.2. The molecule has 0 spiro atoms. The quantitative estimate of drug-likeness (QED) is 0.114. The molecule has 0 N–H and O–H groups in total. The first-order chi connectivity index (χ1) is 58.8. The topological polar surface area (TPSA) is 110 Å². The van der Waals surface area contributed by atoms with Crippen molar-refractivity contribution in [3.63, 3.8) is 0 Å². The van der Waals surface area contributed by atoms with Gasteiger partial charge in [-0.2, -0.15) is 152 Å². The van der Waals surface area contributed by atoms with Crippen molar-refractivity contribution in [3.8, 4) is 11.1 Å². The normalized spacial score (nSPS) is 12.7. The first kappa shape index (κ1) is 92.5. The van der Waals surface area contributed by atoms with E-state index in [0.717, 1.165) is 126 Å². The number of aromatic nitrogens is 6. The van der Waals surface area contributed by atoms with Crippen LogP contribution in [0.3, 0.4) is 0 Å². The number of hydrogen-bond acceptors (Lipinski definition) is 16. The number of fused-ring (bicyclic) bond motifs is 5. The van der Waals surface area contributed by atoms with Gasteiger partial charge in [-0.3, -0.25) is 0 Å². The Balaban J connectivity index is 0.000000141. The van der Waals surface area contributed by atoms with Crippen LogP contribution in [0.25, 0.3) is 11.1 Å². The zero-order valence-electron chi connectivity index (χ0n) is 69.9. The summed E-state index contributed by atoms with van der Waals surface area (Å²) in [7, 11) is 0. The van der Waals surface area contributed by atoms with E-state index in [4.69, 9.17) is 9.97 Å². The Hall–Kier alpha value is -11.7. The van der Waals surface area contributed by atoms with E-state index >= 15 is 0 Å². The molecule has 12 aromatic carbocycles. The molecule has 637 valence electrons. The van der Waals surface area contributed by atoms with Gasteiger partial charge in [0.1, 0.15) is 34.9 Å². The second kappa shape index (κ2) is 42.4. The van der Waals surface area contributed by atoms with Gasteiger partial charge in [0.15, 0.2) is 0 Å². The van der Waals surface area contributed by atoms with E-state index in [1.165, 1.54) is 50.4 Å². The van der Waals surface area contributed by atoms with Crippen LogP contribution in [0.1, 0.15) is 50.5 Å². The fraction of sp³-hybridized carbons (Fsp3) is 0.0865. The summed E-state index contributed by atoms with van der Waals surface area (Å²) in [6.45, 7) is 29.0. The van der Waals surface area contributed by atoms with E-state index in [-0.39, 0.29) is 101 Å². The third-order valence-corrected chi connectivity index (χ3v) is 20.9. The minimum Gasteiger partial charge on any atom is -0.493 e. The van der Waals surface area contributed by atoms with Crippen LogP contribution in [0.4, 0.5) is 115 Å². The van der Waals surface area contributed by atoms with E-state index in [9.17, 15) is 0 Å². The van der Waals surface area contributed by atoms with Gasteiger partial charge in [-0.1, -0.05) is 127 Å². The number of anilines is 20. The molecule has 5 aliphatic heterocycles. The summed E-state index contributed by atoms with van der Waals surface area (Å²) in [5.74, 6) is 5.17. The Morgan fingerprint density at radius 2 is 0.544 bits per heavy atom. The minimum absolute atomic E-state index is 0. The van der Waals surface area contributed by atoms with Crippen molar-refractivity contribution >= 4 is 115 Å².